The number of hydrogen-bond donors (Lipinski definition) is 1. The summed E-state index contributed by atoms with van der Waals surface area (Å²) in [4.78, 5) is 2.23. The van der Waals surface area contributed by atoms with E-state index >= 15 is 0 Å². The Morgan fingerprint density at radius 1 is 1.29 bits per heavy atom. The van der Waals surface area contributed by atoms with Gasteiger partial charge in [-0.3, -0.25) is 0 Å². The van der Waals surface area contributed by atoms with Crippen LogP contribution in [0.3, 0.4) is 0 Å². The molecule has 2 aromatic rings. The lowest BCUT2D eigenvalue weighted by Gasteiger charge is -2.20. The van der Waals surface area contributed by atoms with Gasteiger partial charge in [0.15, 0.2) is 0 Å². The lowest BCUT2D eigenvalue weighted by atomic mass is 10.2. The van der Waals surface area contributed by atoms with Crippen molar-refractivity contribution >= 4 is 33.0 Å². The van der Waals surface area contributed by atoms with Crippen LogP contribution in [0.1, 0.15) is 11.1 Å². The van der Waals surface area contributed by atoms with Crippen molar-refractivity contribution < 1.29 is 0 Å². The van der Waals surface area contributed by atoms with Gasteiger partial charge in [0.25, 0.3) is 0 Å². The van der Waals surface area contributed by atoms with Crippen LogP contribution in [-0.2, 0) is 13.1 Å². The minimum atomic E-state index is 0.568. The first-order chi connectivity index (χ1) is 8.19. The molecule has 0 atom stereocenters. The SMILES string of the molecule is CN(Cc1ccsc1)c1cc(Br)cc(CN)c1. The number of benzene rings is 1. The first-order valence-electron chi connectivity index (χ1n) is 5.41. The second-order valence-corrected chi connectivity index (χ2v) is 5.71. The molecule has 0 spiro atoms. The maximum atomic E-state index is 5.69. The van der Waals surface area contributed by atoms with Gasteiger partial charge in [0.05, 0.1) is 0 Å². The molecule has 0 saturated heterocycles. The number of thiophene rings is 1. The first kappa shape index (κ1) is 12.6. The molecule has 0 bridgehead atoms. The van der Waals surface area contributed by atoms with Gasteiger partial charge in [-0.1, -0.05) is 15.9 Å². The normalized spacial score (nSPS) is 10.5. The molecule has 90 valence electrons. The Kier molecular flexibility index (Phi) is 4.20. The summed E-state index contributed by atoms with van der Waals surface area (Å²) in [6, 6.07) is 8.47. The average Bonchev–Trinajstić information content (AvgIpc) is 2.81. The van der Waals surface area contributed by atoms with Crippen LogP contribution in [0.2, 0.25) is 0 Å². The van der Waals surface area contributed by atoms with Crippen LogP contribution >= 0.6 is 27.3 Å². The van der Waals surface area contributed by atoms with E-state index in [4.69, 9.17) is 5.73 Å². The summed E-state index contributed by atoms with van der Waals surface area (Å²) in [6.07, 6.45) is 0. The van der Waals surface area contributed by atoms with E-state index in [-0.39, 0.29) is 0 Å². The molecular weight excluding hydrogens is 296 g/mol. The molecule has 0 unspecified atom stereocenters. The van der Waals surface area contributed by atoms with Crippen LogP contribution in [0.25, 0.3) is 0 Å². The van der Waals surface area contributed by atoms with Gasteiger partial charge in [0, 0.05) is 30.3 Å². The highest BCUT2D eigenvalue weighted by Crippen LogP contribution is 2.23. The quantitative estimate of drug-likeness (QED) is 0.935. The van der Waals surface area contributed by atoms with Crippen LogP contribution in [0, 0.1) is 0 Å². The van der Waals surface area contributed by atoms with E-state index in [0.29, 0.717) is 6.54 Å². The standard InChI is InChI=1S/C13H15BrN2S/c1-16(8-10-2-3-17-9-10)13-5-11(7-15)4-12(14)6-13/h2-6,9H,7-8,15H2,1H3. The fourth-order valence-electron chi connectivity index (χ4n) is 1.72. The van der Waals surface area contributed by atoms with E-state index in [1.807, 2.05) is 0 Å². The van der Waals surface area contributed by atoms with Crippen molar-refractivity contribution in [3.8, 4) is 0 Å². The third-order valence-electron chi connectivity index (χ3n) is 2.62. The third kappa shape index (κ3) is 3.31. The number of nitrogens with two attached hydrogens (primary N) is 1. The molecule has 2 nitrogen and oxygen atoms in total. The van der Waals surface area contributed by atoms with Crippen LogP contribution in [0.4, 0.5) is 5.69 Å². The Morgan fingerprint density at radius 3 is 2.76 bits per heavy atom. The molecule has 0 fully saturated rings. The molecule has 1 aromatic heterocycles. The molecule has 0 saturated carbocycles. The highest BCUT2D eigenvalue weighted by atomic mass is 79.9. The molecule has 17 heavy (non-hydrogen) atoms. The molecule has 0 aliphatic heterocycles. The van der Waals surface area contributed by atoms with E-state index in [1.165, 1.54) is 11.3 Å². The van der Waals surface area contributed by atoms with Crippen molar-refractivity contribution in [3.63, 3.8) is 0 Å². The molecule has 1 heterocycles. The number of anilines is 1. The summed E-state index contributed by atoms with van der Waals surface area (Å²) in [6.45, 7) is 1.49. The highest BCUT2D eigenvalue weighted by Gasteiger charge is 2.05. The van der Waals surface area contributed by atoms with Crippen LogP contribution in [-0.4, -0.2) is 7.05 Å². The summed E-state index contributed by atoms with van der Waals surface area (Å²) >= 11 is 5.25. The van der Waals surface area contributed by atoms with Crippen molar-refractivity contribution in [1.29, 1.82) is 0 Å². The van der Waals surface area contributed by atoms with E-state index in [0.717, 1.165) is 16.6 Å². The number of halogens is 1. The van der Waals surface area contributed by atoms with E-state index in [9.17, 15) is 0 Å². The zero-order valence-electron chi connectivity index (χ0n) is 9.69. The first-order valence-corrected chi connectivity index (χ1v) is 7.14. The van der Waals surface area contributed by atoms with Gasteiger partial charge in [0.2, 0.25) is 0 Å². The summed E-state index contributed by atoms with van der Waals surface area (Å²) in [5.74, 6) is 0. The molecule has 1 aromatic carbocycles. The van der Waals surface area contributed by atoms with Gasteiger partial charge in [-0.25, -0.2) is 0 Å². The fourth-order valence-corrected chi connectivity index (χ4v) is 2.91. The maximum absolute atomic E-state index is 5.69. The highest BCUT2D eigenvalue weighted by molar-refractivity contribution is 9.10. The van der Waals surface area contributed by atoms with Gasteiger partial charge < -0.3 is 10.6 Å². The molecule has 0 aliphatic rings. The largest absolute Gasteiger partial charge is 0.370 e. The average molecular weight is 311 g/mol. The lowest BCUT2D eigenvalue weighted by Crippen LogP contribution is -2.16. The van der Waals surface area contributed by atoms with Gasteiger partial charge in [-0.15, -0.1) is 0 Å². The summed E-state index contributed by atoms with van der Waals surface area (Å²) in [5.41, 5.74) is 9.36. The molecule has 0 amide bonds. The van der Waals surface area contributed by atoms with Crippen molar-refractivity contribution in [2.45, 2.75) is 13.1 Å². The Morgan fingerprint density at radius 2 is 2.12 bits per heavy atom. The molecular formula is C13H15BrN2S. The predicted molar refractivity (Wildman–Crippen MR) is 78.5 cm³/mol. The smallest absolute Gasteiger partial charge is 0.0434 e. The van der Waals surface area contributed by atoms with Crippen molar-refractivity contribution in [3.05, 3.63) is 50.6 Å². The van der Waals surface area contributed by atoms with E-state index < -0.39 is 0 Å². The van der Waals surface area contributed by atoms with Gasteiger partial charge in [-0.05, 0) is 46.2 Å². The van der Waals surface area contributed by atoms with Gasteiger partial charge in [-0.2, -0.15) is 11.3 Å². The van der Waals surface area contributed by atoms with Crippen molar-refractivity contribution in [1.82, 2.24) is 0 Å². The monoisotopic (exact) mass is 310 g/mol. The number of hydrogen-bond acceptors (Lipinski definition) is 3. The molecule has 2 N–H and O–H groups in total. The van der Waals surface area contributed by atoms with Crippen LogP contribution in [0.15, 0.2) is 39.5 Å². The Labute approximate surface area is 114 Å². The Bertz CT molecular complexity index is 482. The lowest BCUT2D eigenvalue weighted by molar-refractivity contribution is 0.922. The number of nitrogens with zero attached hydrogens (tertiary/aromatic N) is 1. The second kappa shape index (κ2) is 5.67. The Hall–Kier alpha value is -0.840. The zero-order valence-corrected chi connectivity index (χ0v) is 12.1. The van der Waals surface area contributed by atoms with Gasteiger partial charge in [0.1, 0.15) is 0 Å². The summed E-state index contributed by atoms with van der Waals surface area (Å²) < 4.78 is 1.08. The minimum Gasteiger partial charge on any atom is -0.370 e. The minimum absolute atomic E-state index is 0.568. The molecule has 4 heteroatoms. The maximum Gasteiger partial charge on any atom is 0.0434 e. The van der Waals surface area contributed by atoms with Gasteiger partial charge >= 0.3 is 0 Å². The van der Waals surface area contributed by atoms with E-state index in [1.54, 1.807) is 11.3 Å². The molecule has 2 rings (SSSR count). The zero-order chi connectivity index (χ0) is 12.3. The van der Waals surface area contributed by atoms with Crippen LogP contribution < -0.4 is 10.6 Å². The van der Waals surface area contributed by atoms with E-state index in [2.05, 4.69) is 62.9 Å². The molecule has 0 radical (unpaired) electrons. The van der Waals surface area contributed by atoms with Crippen LogP contribution in [0.5, 0.6) is 0 Å². The second-order valence-electron chi connectivity index (χ2n) is 4.01. The van der Waals surface area contributed by atoms with Crippen molar-refractivity contribution in [2.75, 3.05) is 11.9 Å². The number of rotatable bonds is 4. The molecule has 0 aliphatic carbocycles. The summed E-state index contributed by atoms with van der Waals surface area (Å²) in [5, 5.41) is 4.29. The topological polar surface area (TPSA) is 29.3 Å². The van der Waals surface area contributed by atoms with Crippen molar-refractivity contribution in [2.24, 2.45) is 5.73 Å². The third-order valence-corrected chi connectivity index (χ3v) is 3.81. The predicted octanol–water partition coefficient (Wildman–Crippen LogP) is 3.61. The fraction of sp³-hybridized carbons (Fsp3) is 0.231. The Balaban J connectivity index is 2.18. The summed E-state index contributed by atoms with van der Waals surface area (Å²) in [7, 11) is 2.10.